The molecule has 0 aromatic carbocycles. The van der Waals surface area contributed by atoms with Gasteiger partial charge < -0.3 is 0 Å². The summed E-state index contributed by atoms with van der Waals surface area (Å²) in [7, 11) is -0.668. The Bertz CT molecular complexity index is 279. The maximum absolute atomic E-state index is 2.48. The summed E-state index contributed by atoms with van der Waals surface area (Å²) in [4.78, 5) is 0. The third-order valence-electron chi connectivity index (χ3n) is 5.62. The molecule has 0 atom stereocenters. The molecule has 2 aliphatic carbocycles. The molecule has 1 heteroatoms. The lowest BCUT2D eigenvalue weighted by Crippen LogP contribution is -2.35. The Labute approximate surface area is 129 Å². The summed E-state index contributed by atoms with van der Waals surface area (Å²) in [6.07, 6.45) is 0. The molecule has 0 amide bonds. The van der Waals surface area contributed by atoms with Gasteiger partial charge in [0, 0.05) is 0 Å². The minimum absolute atomic E-state index is 0.668. The predicted molar refractivity (Wildman–Crippen MR) is 89.4 cm³/mol. The molecule has 0 aromatic rings. The molecule has 0 N–H and O–H groups in total. The molecular formula is C19H27Si. The van der Waals surface area contributed by atoms with Gasteiger partial charge in [0.2, 0.25) is 0 Å². The van der Waals surface area contributed by atoms with Crippen LogP contribution >= 0.6 is 0 Å². The minimum Gasteiger partial charge on any atom is -0.0701 e. The van der Waals surface area contributed by atoms with Crippen LogP contribution in [0, 0.1) is 58.4 Å². The van der Waals surface area contributed by atoms with Crippen molar-refractivity contribution in [2.24, 2.45) is 0 Å². The molecule has 11 radical (unpaired) electrons. The molecule has 0 heterocycles. The SMILES string of the molecule is C[C]1[C](C)[C](C)[C]([Si](C)[C]2[C](C)[C](C)[C](C)[C]2C)[C]1C. The lowest BCUT2D eigenvalue weighted by atomic mass is 9.92. The van der Waals surface area contributed by atoms with E-state index in [1.807, 2.05) is 0 Å². The van der Waals surface area contributed by atoms with E-state index in [9.17, 15) is 0 Å². The van der Waals surface area contributed by atoms with E-state index < -0.39 is 8.80 Å². The van der Waals surface area contributed by atoms with E-state index in [2.05, 4.69) is 61.9 Å². The summed E-state index contributed by atoms with van der Waals surface area (Å²) >= 11 is 0. The van der Waals surface area contributed by atoms with Crippen LogP contribution in [0.25, 0.3) is 0 Å². The van der Waals surface area contributed by atoms with Gasteiger partial charge in [0.25, 0.3) is 0 Å². The maximum atomic E-state index is 2.48. The second-order valence-electron chi connectivity index (χ2n) is 6.38. The highest BCUT2D eigenvalue weighted by Crippen LogP contribution is 2.59. The summed E-state index contributed by atoms with van der Waals surface area (Å²) in [5, 5.41) is 0. The van der Waals surface area contributed by atoms with Crippen LogP contribution in [0.5, 0.6) is 0 Å². The lowest BCUT2D eigenvalue weighted by molar-refractivity contribution is 0.973. The quantitative estimate of drug-likeness (QED) is 0.617. The Kier molecular flexibility index (Phi) is 4.79. The first-order valence-electron chi connectivity index (χ1n) is 7.50. The first-order chi connectivity index (χ1) is 9.20. The molecule has 0 saturated heterocycles. The fourth-order valence-electron chi connectivity index (χ4n) is 3.69. The molecule has 2 aliphatic rings. The van der Waals surface area contributed by atoms with Crippen molar-refractivity contribution in [3.63, 3.8) is 0 Å². The molecule has 20 heavy (non-hydrogen) atoms. The van der Waals surface area contributed by atoms with Gasteiger partial charge in [-0.05, 0) is 58.4 Å². The third kappa shape index (κ3) is 2.32. The van der Waals surface area contributed by atoms with Crippen LogP contribution in [-0.2, 0) is 0 Å². The van der Waals surface area contributed by atoms with Gasteiger partial charge in [0.05, 0.1) is 8.80 Å². The molecule has 0 nitrogen and oxygen atoms in total. The van der Waals surface area contributed by atoms with E-state index in [4.69, 9.17) is 0 Å². The Morgan fingerprint density at radius 3 is 0.800 bits per heavy atom. The Morgan fingerprint density at radius 1 is 0.400 bits per heavy atom. The van der Waals surface area contributed by atoms with Crippen molar-refractivity contribution < 1.29 is 0 Å². The van der Waals surface area contributed by atoms with Crippen LogP contribution < -0.4 is 0 Å². The van der Waals surface area contributed by atoms with Crippen LogP contribution in [0.1, 0.15) is 55.4 Å². The van der Waals surface area contributed by atoms with Gasteiger partial charge in [-0.25, -0.2) is 0 Å². The molecular weight excluding hydrogens is 256 g/mol. The highest BCUT2D eigenvalue weighted by atomic mass is 28.3. The first-order valence-corrected chi connectivity index (χ1v) is 9.50. The molecule has 107 valence electrons. The van der Waals surface area contributed by atoms with E-state index in [1.165, 1.54) is 47.3 Å². The predicted octanol–water partition coefficient (Wildman–Crippen LogP) is 5.12. The highest BCUT2D eigenvalue weighted by molar-refractivity contribution is 6.73. The van der Waals surface area contributed by atoms with Crippen molar-refractivity contribution in [2.45, 2.75) is 61.9 Å². The van der Waals surface area contributed by atoms with E-state index >= 15 is 0 Å². The van der Waals surface area contributed by atoms with Gasteiger partial charge in [0.15, 0.2) is 0 Å². The van der Waals surface area contributed by atoms with Gasteiger partial charge in [-0.3, -0.25) is 0 Å². The summed E-state index contributed by atoms with van der Waals surface area (Å²) < 4.78 is 0. The largest absolute Gasteiger partial charge is 0.0701 e. The van der Waals surface area contributed by atoms with Crippen molar-refractivity contribution in [1.82, 2.24) is 0 Å². The average Bonchev–Trinajstić information content (AvgIpc) is 2.71. The Hall–Kier alpha value is 0.217. The van der Waals surface area contributed by atoms with E-state index in [1.54, 1.807) is 11.1 Å². The maximum Gasteiger partial charge on any atom is 0.0616 e. The molecule has 0 unspecified atom stereocenters. The smallest absolute Gasteiger partial charge is 0.0616 e. The van der Waals surface area contributed by atoms with Crippen LogP contribution in [0.15, 0.2) is 0 Å². The van der Waals surface area contributed by atoms with Crippen molar-refractivity contribution in [3.8, 4) is 0 Å². The standard InChI is InChI=1S/C19H27Si/c1-10-11(2)15(6)18(14(10)5)20(9)19-16(7)12(3)13(4)17(19)8/h1-9H3. The molecule has 2 rings (SSSR count). The van der Waals surface area contributed by atoms with Gasteiger partial charge in [-0.15, -0.1) is 0 Å². The van der Waals surface area contributed by atoms with Crippen molar-refractivity contribution >= 4 is 8.80 Å². The zero-order chi connectivity index (χ0) is 15.4. The second kappa shape index (κ2) is 5.78. The van der Waals surface area contributed by atoms with Crippen molar-refractivity contribution in [1.29, 1.82) is 0 Å². The van der Waals surface area contributed by atoms with Crippen molar-refractivity contribution in [3.05, 3.63) is 58.4 Å². The minimum atomic E-state index is -0.668. The molecule has 0 aromatic heterocycles. The fraction of sp³-hybridized carbons (Fsp3) is 0.474. The third-order valence-corrected chi connectivity index (χ3v) is 8.62. The number of rotatable bonds is 2. The lowest BCUT2D eigenvalue weighted by Gasteiger charge is -2.34. The molecule has 2 fully saturated rings. The van der Waals surface area contributed by atoms with Gasteiger partial charge in [-0.2, -0.15) is 0 Å². The zero-order valence-electron chi connectivity index (χ0n) is 14.5. The molecule has 0 aliphatic heterocycles. The molecule has 0 bridgehead atoms. The second-order valence-corrected chi connectivity index (χ2v) is 8.62. The number of hydrogen-bond donors (Lipinski definition) is 0. The van der Waals surface area contributed by atoms with E-state index in [0.29, 0.717) is 0 Å². The molecule has 2 saturated carbocycles. The van der Waals surface area contributed by atoms with E-state index in [-0.39, 0.29) is 0 Å². The van der Waals surface area contributed by atoms with E-state index in [0.717, 1.165) is 0 Å². The van der Waals surface area contributed by atoms with Crippen LogP contribution in [0.4, 0.5) is 0 Å². The fourth-order valence-corrected chi connectivity index (χ4v) is 6.94. The summed E-state index contributed by atoms with van der Waals surface area (Å²) in [5.41, 5.74) is 3.31. The Balaban J connectivity index is 2.21. The van der Waals surface area contributed by atoms with Crippen molar-refractivity contribution in [2.75, 3.05) is 0 Å². The van der Waals surface area contributed by atoms with Gasteiger partial charge >= 0.3 is 0 Å². The highest BCUT2D eigenvalue weighted by Gasteiger charge is 2.53. The van der Waals surface area contributed by atoms with Gasteiger partial charge in [-0.1, -0.05) is 61.9 Å². The average molecular weight is 284 g/mol. The summed E-state index contributed by atoms with van der Waals surface area (Å²) in [6, 6.07) is 0. The summed E-state index contributed by atoms with van der Waals surface area (Å²) in [6.45, 7) is 20.8. The van der Waals surface area contributed by atoms with Gasteiger partial charge in [0.1, 0.15) is 0 Å². The van der Waals surface area contributed by atoms with Crippen LogP contribution in [-0.4, -0.2) is 8.80 Å². The molecule has 0 spiro atoms. The zero-order valence-corrected chi connectivity index (χ0v) is 15.5. The first kappa shape index (κ1) is 16.6. The topological polar surface area (TPSA) is 0 Å². The normalized spacial score (nSPS) is 29.7. The van der Waals surface area contributed by atoms with Crippen LogP contribution in [0.3, 0.4) is 0 Å². The Morgan fingerprint density at radius 2 is 0.600 bits per heavy atom. The van der Waals surface area contributed by atoms with Crippen LogP contribution in [0.2, 0.25) is 6.55 Å². The summed E-state index contributed by atoms with van der Waals surface area (Å²) in [5.74, 6) is 12.1. The number of hydrogen-bond acceptors (Lipinski definition) is 0. The monoisotopic (exact) mass is 283 g/mol.